The van der Waals surface area contributed by atoms with Crippen molar-refractivity contribution < 1.29 is 9.53 Å². The third-order valence-electron chi connectivity index (χ3n) is 4.31. The van der Waals surface area contributed by atoms with Crippen LogP contribution >= 0.6 is 0 Å². The van der Waals surface area contributed by atoms with Gasteiger partial charge in [0.25, 0.3) is 5.91 Å². The van der Waals surface area contributed by atoms with Gasteiger partial charge in [0.15, 0.2) is 0 Å². The number of nitrogens with zero attached hydrogens (tertiary/aromatic N) is 3. The number of carbonyl (C=O) groups excluding carboxylic acids is 1. The van der Waals surface area contributed by atoms with Crippen molar-refractivity contribution in [3.8, 4) is 0 Å². The molecule has 1 amide bonds. The molecule has 0 bridgehead atoms. The van der Waals surface area contributed by atoms with Gasteiger partial charge in [-0.25, -0.2) is 0 Å². The Morgan fingerprint density at radius 1 is 1.08 bits per heavy atom. The van der Waals surface area contributed by atoms with E-state index < -0.39 is 0 Å². The molecule has 5 heteroatoms. The zero-order valence-corrected chi connectivity index (χ0v) is 13.1. The molecule has 1 fully saturated rings. The van der Waals surface area contributed by atoms with Crippen LogP contribution in [0, 0.1) is 0 Å². The summed E-state index contributed by atoms with van der Waals surface area (Å²) in [5.74, 6) is 0.0240. The second kappa shape index (κ2) is 6.37. The van der Waals surface area contributed by atoms with Gasteiger partial charge < -0.3 is 9.64 Å². The highest BCUT2D eigenvalue weighted by molar-refractivity contribution is 6.06. The summed E-state index contributed by atoms with van der Waals surface area (Å²) in [6.45, 7) is 1.66. The molecule has 3 aromatic rings. The van der Waals surface area contributed by atoms with Gasteiger partial charge in [0, 0.05) is 36.1 Å². The van der Waals surface area contributed by atoms with Crippen molar-refractivity contribution in [3.63, 3.8) is 0 Å². The monoisotopic (exact) mass is 319 g/mol. The zero-order valence-electron chi connectivity index (χ0n) is 13.1. The van der Waals surface area contributed by atoms with Crippen molar-refractivity contribution in [1.29, 1.82) is 0 Å². The number of amides is 1. The second-order valence-corrected chi connectivity index (χ2v) is 5.77. The van der Waals surface area contributed by atoms with Crippen LogP contribution in [0.25, 0.3) is 10.9 Å². The molecule has 0 N–H and O–H groups in total. The summed E-state index contributed by atoms with van der Waals surface area (Å²) >= 11 is 0. The summed E-state index contributed by atoms with van der Waals surface area (Å²) in [4.78, 5) is 23.2. The quantitative estimate of drug-likeness (QED) is 0.729. The van der Waals surface area contributed by atoms with Crippen LogP contribution in [0.4, 0.5) is 0 Å². The average Bonchev–Trinajstić information content (AvgIpc) is 2.68. The first-order valence-electron chi connectivity index (χ1n) is 7.97. The van der Waals surface area contributed by atoms with E-state index in [-0.39, 0.29) is 12.0 Å². The molecular formula is C19H17N3O2. The lowest BCUT2D eigenvalue weighted by atomic mass is 10.1. The summed E-state index contributed by atoms with van der Waals surface area (Å²) in [5.41, 5.74) is 2.57. The number of aromatic nitrogens is 2. The predicted molar refractivity (Wildman–Crippen MR) is 90.6 cm³/mol. The van der Waals surface area contributed by atoms with Crippen LogP contribution in [0.2, 0.25) is 0 Å². The van der Waals surface area contributed by atoms with Gasteiger partial charge in [-0.1, -0.05) is 12.1 Å². The lowest BCUT2D eigenvalue weighted by Crippen LogP contribution is -2.42. The Morgan fingerprint density at radius 2 is 1.96 bits per heavy atom. The maximum Gasteiger partial charge on any atom is 0.254 e. The van der Waals surface area contributed by atoms with Crippen molar-refractivity contribution in [2.45, 2.75) is 6.10 Å². The van der Waals surface area contributed by atoms with Crippen LogP contribution in [-0.2, 0) is 4.74 Å². The molecule has 1 aromatic carbocycles. The van der Waals surface area contributed by atoms with Crippen LogP contribution < -0.4 is 0 Å². The van der Waals surface area contributed by atoms with Gasteiger partial charge in [-0.15, -0.1) is 0 Å². The SMILES string of the molecule is O=C(c1cccc2ncccc12)N1CCOC(c2ccncc2)C1. The largest absolute Gasteiger partial charge is 0.370 e. The number of pyridine rings is 2. The molecule has 4 rings (SSSR count). The summed E-state index contributed by atoms with van der Waals surface area (Å²) in [7, 11) is 0. The van der Waals surface area contributed by atoms with E-state index >= 15 is 0 Å². The lowest BCUT2D eigenvalue weighted by molar-refractivity contribution is -0.0227. The minimum atomic E-state index is -0.112. The van der Waals surface area contributed by atoms with Gasteiger partial charge >= 0.3 is 0 Å². The van der Waals surface area contributed by atoms with E-state index in [0.29, 0.717) is 25.3 Å². The molecule has 0 spiro atoms. The van der Waals surface area contributed by atoms with E-state index in [1.54, 1.807) is 18.6 Å². The van der Waals surface area contributed by atoms with Gasteiger partial charge in [-0.2, -0.15) is 0 Å². The lowest BCUT2D eigenvalue weighted by Gasteiger charge is -2.33. The fourth-order valence-corrected chi connectivity index (χ4v) is 3.07. The molecule has 0 saturated carbocycles. The molecule has 1 unspecified atom stereocenters. The first-order chi connectivity index (χ1) is 11.8. The number of carbonyl (C=O) groups is 1. The Labute approximate surface area is 139 Å². The van der Waals surface area contributed by atoms with Crippen molar-refractivity contribution in [2.75, 3.05) is 19.7 Å². The number of fused-ring (bicyclic) bond motifs is 1. The van der Waals surface area contributed by atoms with Crippen molar-refractivity contribution in [3.05, 3.63) is 72.2 Å². The molecule has 1 aliphatic heterocycles. The number of hydrogen-bond donors (Lipinski definition) is 0. The molecular weight excluding hydrogens is 302 g/mol. The van der Waals surface area contributed by atoms with Crippen molar-refractivity contribution in [2.24, 2.45) is 0 Å². The minimum absolute atomic E-state index is 0.0240. The van der Waals surface area contributed by atoms with E-state index in [9.17, 15) is 4.79 Å². The van der Waals surface area contributed by atoms with E-state index in [2.05, 4.69) is 9.97 Å². The smallest absolute Gasteiger partial charge is 0.254 e. The van der Waals surface area contributed by atoms with Crippen LogP contribution in [0.15, 0.2) is 61.1 Å². The number of ether oxygens (including phenoxy) is 1. The average molecular weight is 319 g/mol. The van der Waals surface area contributed by atoms with E-state index in [1.165, 1.54) is 0 Å². The standard InChI is InChI=1S/C19H17N3O2/c23-19(16-3-1-5-17-15(16)4-2-8-21-17)22-11-12-24-18(13-22)14-6-9-20-10-7-14/h1-10,18H,11-13H2. The van der Waals surface area contributed by atoms with Crippen molar-refractivity contribution >= 4 is 16.8 Å². The normalized spacial score (nSPS) is 17.8. The highest BCUT2D eigenvalue weighted by Gasteiger charge is 2.26. The number of rotatable bonds is 2. The zero-order chi connectivity index (χ0) is 16.4. The highest BCUT2D eigenvalue weighted by atomic mass is 16.5. The van der Waals surface area contributed by atoms with Crippen molar-refractivity contribution in [1.82, 2.24) is 14.9 Å². The first-order valence-corrected chi connectivity index (χ1v) is 7.97. The molecule has 1 atom stereocenters. The molecule has 1 aliphatic rings. The third kappa shape index (κ3) is 2.74. The van der Waals surface area contributed by atoms with E-state index in [4.69, 9.17) is 4.74 Å². The number of benzene rings is 1. The summed E-state index contributed by atoms with van der Waals surface area (Å²) in [6.07, 6.45) is 5.12. The Kier molecular flexibility index (Phi) is 3.92. The Hall–Kier alpha value is -2.79. The van der Waals surface area contributed by atoms with Gasteiger partial charge in [0.1, 0.15) is 6.10 Å². The summed E-state index contributed by atoms with van der Waals surface area (Å²) < 4.78 is 5.83. The van der Waals surface area contributed by atoms with Crippen LogP contribution in [0.3, 0.4) is 0 Å². The van der Waals surface area contributed by atoms with Crippen LogP contribution in [0.5, 0.6) is 0 Å². The maximum absolute atomic E-state index is 13.0. The summed E-state index contributed by atoms with van der Waals surface area (Å²) in [6, 6.07) is 13.3. The first kappa shape index (κ1) is 14.8. The molecule has 120 valence electrons. The summed E-state index contributed by atoms with van der Waals surface area (Å²) in [5, 5.41) is 0.886. The molecule has 0 radical (unpaired) electrons. The molecule has 0 aliphatic carbocycles. The maximum atomic E-state index is 13.0. The van der Waals surface area contributed by atoms with Gasteiger partial charge in [0.2, 0.25) is 0 Å². The number of morpholine rings is 1. The fraction of sp³-hybridized carbons (Fsp3) is 0.211. The second-order valence-electron chi connectivity index (χ2n) is 5.77. The Bertz CT molecular complexity index is 861. The highest BCUT2D eigenvalue weighted by Crippen LogP contribution is 2.24. The molecule has 5 nitrogen and oxygen atoms in total. The van der Waals surface area contributed by atoms with Gasteiger partial charge in [-0.05, 0) is 35.9 Å². The van der Waals surface area contributed by atoms with E-state index in [0.717, 1.165) is 16.5 Å². The Morgan fingerprint density at radius 3 is 2.83 bits per heavy atom. The Balaban J connectivity index is 1.62. The third-order valence-corrected chi connectivity index (χ3v) is 4.31. The van der Waals surface area contributed by atoms with Gasteiger partial charge in [-0.3, -0.25) is 14.8 Å². The molecule has 3 heterocycles. The van der Waals surface area contributed by atoms with Gasteiger partial charge in [0.05, 0.1) is 18.7 Å². The molecule has 24 heavy (non-hydrogen) atoms. The predicted octanol–water partition coefficient (Wildman–Crippen LogP) is 2.84. The van der Waals surface area contributed by atoms with Crippen LogP contribution in [-0.4, -0.2) is 40.5 Å². The molecule has 2 aromatic heterocycles. The van der Waals surface area contributed by atoms with E-state index in [1.807, 2.05) is 47.4 Å². The topological polar surface area (TPSA) is 55.3 Å². The fourth-order valence-electron chi connectivity index (χ4n) is 3.07. The minimum Gasteiger partial charge on any atom is -0.370 e. The van der Waals surface area contributed by atoms with Crippen LogP contribution in [0.1, 0.15) is 22.0 Å². The molecule has 1 saturated heterocycles. The number of hydrogen-bond acceptors (Lipinski definition) is 4.